The van der Waals surface area contributed by atoms with Crippen molar-refractivity contribution in [1.82, 2.24) is 10.9 Å². The Morgan fingerprint density at radius 3 is 2.62 bits per heavy atom. The van der Waals surface area contributed by atoms with Gasteiger partial charge in [0.25, 0.3) is 11.8 Å². The first-order valence-electron chi connectivity index (χ1n) is 8.58. The minimum absolute atomic E-state index is 0.430. The third-order valence-electron chi connectivity index (χ3n) is 4.58. The number of aliphatic hydroxyl groups excluding tert-OH is 1. The first kappa shape index (κ1) is 18.4. The van der Waals surface area contributed by atoms with Gasteiger partial charge in [-0.3, -0.25) is 20.4 Å². The summed E-state index contributed by atoms with van der Waals surface area (Å²) in [6.07, 6.45) is 5.13. The number of amides is 2. The topological polar surface area (TPSA) is 104 Å². The number of hydrogen-bond donors (Lipinski definition) is 4. The maximum absolute atomic E-state index is 12.0. The fraction of sp³-hybridized carbons (Fsp3) is 0.556. The standard InChI is InChI=1S/C18H27N3O3/c1-12-6-5-9-14(10-12)17(23)20-21-18(24)16(22)15(19)11-13-7-3-2-4-8-13/h5-6,9-10,13,15-16,22H,2-4,7-8,11,19H2,1H3,(H,20,23)(H,21,24)/t15-,16?/m1/s1. The molecule has 0 heterocycles. The van der Waals surface area contributed by atoms with Crippen molar-refractivity contribution in [2.45, 2.75) is 57.6 Å². The van der Waals surface area contributed by atoms with E-state index in [0.29, 0.717) is 17.9 Å². The van der Waals surface area contributed by atoms with Crippen LogP contribution in [0, 0.1) is 12.8 Å². The van der Waals surface area contributed by atoms with E-state index in [-0.39, 0.29) is 0 Å². The average Bonchev–Trinajstić information content (AvgIpc) is 2.59. The lowest BCUT2D eigenvalue weighted by molar-refractivity contribution is -0.131. The molecule has 1 aliphatic carbocycles. The summed E-state index contributed by atoms with van der Waals surface area (Å²) < 4.78 is 0. The van der Waals surface area contributed by atoms with E-state index in [4.69, 9.17) is 5.73 Å². The molecule has 1 aromatic rings. The third-order valence-corrected chi connectivity index (χ3v) is 4.58. The van der Waals surface area contributed by atoms with Gasteiger partial charge in [-0.05, 0) is 31.4 Å². The molecule has 1 aromatic carbocycles. The third kappa shape index (κ3) is 5.32. The molecule has 0 bridgehead atoms. The molecule has 2 atom stereocenters. The van der Waals surface area contributed by atoms with Gasteiger partial charge in [-0.2, -0.15) is 0 Å². The van der Waals surface area contributed by atoms with E-state index in [1.54, 1.807) is 18.2 Å². The number of rotatable bonds is 5. The predicted molar refractivity (Wildman–Crippen MR) is 92.0 cm³/mol. The molecular formula is C18H27N3O3. The van der Waals surface area contributed by atoms with Gasteiger partial charge >= 0.3 is 0 Å². The molecule has 1 aliphatic rings. The van der Waals surface area contributed by atoms with E-state index in [0.717, 1.165) is 18.4 Å². The number of nitrogens with two attached hydrogens (primary N) is 1. The minimum Gasteiger partial charge on any atom is -0.382 e. The van der Waals surface area contributed by atoms with Gasteiger partial charge in [-0.25, -0.2) is 0 Å². The zero-order valence-corrected chi connectivity index (χ0v) is 14.1. The van der Waals surface area contributed by atoms with Crippen molar-refractivity contribution in [3.8, 4) is 0 Å². The van der Waals surface area contributed by atoms with Gasteiger partial charge in [0.15, 0.2) is 0 Å². The van der Waals surface area contributed by atoms with Crippen molar-refractivity contribution in [1.29, 1.82) is 0 Å². The number of hydrogen-bond acceptors (Lipinski definition) is 4. The zero-order chi connectivity index (χ0) is 17.5. The fourth-order valence-corrected chi connectivity index (χ4v) is 3.18. The van der Waals surface area contributed by atoms with Crippen LogP contribution in [0.5, 0.6) is 0 Å². The summed E-state index contributed by atoms with van der Waals surface area (Å²) in [5.74, 6) is -0.641. The summed E-state index contributed by atoms with van der Waals surface area (Å²) >= 11 is 0. The lowest BCUT2D eigenvalue weighted by Crippen LogP contribution is -2.52. The van der Waals surface area contributed by atoms with Gasteiger partial charge in [0.2, 0.25) is 0 Å². The van der Waals surface area contributed by atoms with Crippen LogP contribution in [0.2, 0.25) is 0 Å². The smallest absolute Gasteiger partial charge is 0.269 e. The highest BCUT2D eigenvalue weighted by molar-refractivity contribution is 5.95. The molecule has 1 saturated carbocycles. The summed E-state index contributed by atoms with van der Waals surface area (Å²) in [5.41, 5.74) is 11.9. The Kier molecular flexibility index (Phi) is 6.75. The summed E-state index contributed by atoms with van der Waals surface area (Å²) in [5, 5.41) is 10.1. The lowest BCUT2D eigenvalue weighted by atomic mass is 9.84. The molecule has 2 rings (SSSR count). The minimum atomic E-state index is -1.33. The second-order valence-electron chi connectivity index (χ2n) is 6.66. The molecule has 6 nitrogen and oxygen atoms in total. The molecule has 1 fully saturated rings. The summed E-state index contributed by atoms with van der Waals surface area (Å²) in [6, 6.07) is 6.39. The Morgan fingerprint density at radius 2 is 1.96 bits per heavy atom. The molecule has 0 radical (unpaired) electrons. The monoisotopic (exact) mass is 333 g/mol. The van der Waals surface area contributed by atoms with Crippen LogP contribution < -0.4 is 16.6 Å². The number of carbonyl (C=O) groups is 2. The molecule has 24 heavy (non-hydrogen) atoms. The second kappa shape index (κ2) is 8.80. The Morgan fingerprint density at radius 1 is 1.25 bits per heavy atom. The van der Waals surface area contributed by atoms with E-state index in [2.05, 4.69) is 10.9 Å². The Balaban J connectivity index is 1.79. The van der Waals surface area contributed by atoms with Gasteiger partial charge in [0.05, 0.1) is 0 Å². The second-order valence-corrected chi connectivity index (χ2v) is 6.66. The van der Waals surface area contributed by atoms with E-state index in [1.165, 1.54) is 19.3 Å². The lowest BCUT2D eigenvalue weighted by Gasteiger charge is -2.26. The van der Waals surface area contributed by atoms with Crippen molar-refractivity contribution in [2.24, 2.45) is 11.7 Å². The van der Waals surface area contributed by atoms with Crippen molar-refractivity contribution >= 4 is 11.8 Å². The van der Waals surface area contributed by atoms with Crippen LogP contribution in [-0.4, -0.2) is 29.1 Å². The molecule has 2 amide bonds. The van der Waals surface area contributed by atoms with Crippen molar-refractivity contribution in [3.63, 3.8) is 0 Å². The maximum Gasteiger partial charge on any atom is 0.269 e. The number of aryl methyl sites for hydroxylation is 1. The molecule has 0 aliphatic heterocycles. The quantitative estimate of drug-likeness (QED) is 0.612. The number of carbonyl (C=O) groups excluding carboxylic acids is 2. The van der Waals surface area contributed by atoms with Crippen molar-refractivity contribution < 1.29 is 14.7 Å². The van der Waals surface area contributed by atoms with Crippen molar-refractivity contribution in [2.75, 3.05) is 0 Å². The highest BCUT2D eigenvalue weighted by atomic mass is 16.3. The maximum atomic E-state index is 12.0. The highest BCUT2D eigenvalue weighted by Gasteiger charge is 2.26. The molecule has 1 unspecified atom stereocenters. The van der Waals surface area contributed by atoms with E-state index >= 15 is 0 Å². The molecule has 5 N–H and O–H groups in total. The van der Waals surface area contributed by atoms with E-state index in [9.17, 15) is 14.7 Å². The van der Waals surface area contributed by atoms with E-state index in [1.807, 2.05) is 13.0 Å². The summed E-state index contributed by atoms with van der Waals surface area (Å²) in [6.45, 7) is 1.88. The average molecular weight is 333 g/mol. The number of hydrazine groups is 1. The molecule has 0 aromatic heterocycles. The van der Waals surface area contributed by atoms with Crippen LogP contribution in [0.15, 0.2) is 24.3 Å². The van der Waals surface area contributed by atoms with Crippen LogP contribution in [0.1, 0.15) is 54.4 Å². The number of benzene rings is 1. The van der Waals surface area contributed by atoms with Gasteiger partial charge in [-0.15, -0.1) is 0 Å². The first-order valence-corrected chi connectivity index (χ1v) is 8.58. The predicted octanol–water partition coefficient (Wildman–Crippen LogP) is 1.41. The Hall–Kier alpha value is -1.92. The van der Waals surface area contributed by atoms with E-state index < -0.39 is 24.0 Å². The van der Waals surface area contributed by atoms with Crippen LogP contribution in [0.25, 0.3) is 0 Å². The van der Waals surface area contributed by atoms with Crippen LogP contribution in [-0.2, 0) is 4.79 Å². The molecular weight excluding hydrogens is 306 g/mol. The van der Waals surface area contributed by atoms with Crippen molar-refractivity contribution in [3.05, 3.63) is 35.4 Å². The van der Waals surface area contributed by atoms with Crippen LogP contribution in [0.3, 0.4) is 0 Å². The number of nitrogens with one attached hydrogen (secondary N) is 2. The first-order chi connectivity index (χ1) is 11.5. The van der Waals surface area contributed by atoms with Crippen LogP contribution >= 0.6 is 0 Å². The zero-order valence-electron chi connectivity index (χ0n) is 14.1. The highest BCUT2D eigenvalue weighted by Crippen LogP contribution is 2.27. The molecule has 132 valence electrons. The molecule has 0 saturated heterocycles. The summed E-state index contributed by atoms with van der Waals surface area (Å²) in [7, 11) is 0. The van der Waals surface area contributed by atoms with Gasteiger partial charge in [0.1, 0.15) is 6.10 Å². The SMILES string of the molecule is Cc1cccc(C(=O)NNC(=O)C(O)[C@H](N)CC2CCCCC2)c1. The summed E-state index contributed by atoms with van der Waals surface area (Å²) in [4.78, 5) is 23.9. The molecule has 6 heteroatoms. The normalized spacial score (nSPS) is 17.8. The fourth-order valence-electron chi connectivity index (χ4n) is 3.18. The van der Waals surface area contributed by atoms with Crippen LogP contribution in [0.4, 0.5) is 0 Å². The largest absolute Gasteiger partial charge is 0.382 e. The number of aliphatic hydroxyl groups is 1. The Labute approximate surface area is 142 Å². The van der Waals surface area contributed by atoms with Gasteiger partial charge < -0.3 is 10.8 Å². The van der Waals surface area contributed by atoms with Gasteiger partial charge in [0, 0.05) is 11.6 Å². The Bertz CT molecular complexity index is 570. The molecule has 0 spiro atoms. The van der Waals surface area contributed by atoms with Gasteiger partial charge in [-0.1, -0.05) is 49.8 Å².